The van der Waals surface area contributed by atoms with E-state index in [1.165, 1.54) is 12.3 Å². The van der Waals surface area contributed by atoms with Gasteiger partial charge in [-0.25, -0.2) is 4.98 Å². The summed E-state index contributed by atoms with van der Waals surface area (Å²) in [5.41, 5.74) is 0.591. The molecule has 0 spiro atoms. The fraction of sp³-hybridized carbons (Fsp3) is 0.0667. The van der Waals surface area contributed by atoms with E-state index in [4.69, 9.17) is 16.3 Å². The number of carbonyl (C=O) groups is 1. The molecule has 0 atom stereocenters. The number of benzene rings is 1. The van der Waals surface area contributed by atoms with E-state index >= 15 is 0 Å². The predicted octanol–water partition coefficient (Wildman–Crippen LogP) is 3.55. The van der Waals surface area contributed by atoms with Gasteiger partial charge in [-0.15, -0.1) is 0 Å². The summed E-state index contributed by atoms with van der Waals surface area (Å²) >= 11 is 5.73. The molecule has 2 aromatic rings. The van der Waals surface area contributed by atoms with Crippen molar-refractivity contribution in [2.24, 2.45) is 0 Å². The molecule has 20 heavy (non-hydrogen) atoms. The maximum atomic E-state index is 11.9. The molecule has 1 heterocycles. The van der Waals surface area contributed by atoms with Gasteiger partial charge >= 0.3 is 0 Å². The molecule has 102 valence electrons. The molecule has 4 nitrogen and oxygen atoms in total. The fourth-order valence-electron chi connectivity index (χ4n) is 1.52. The highest BCUT2D eigenvalue weighted by molar-refractivity contribution is 6.30. The van der Waals surface area contributed by atoms with Crippen LogP contribution < -0.4 is 10.1 Å². The lowest BCUT2D eigenvalue weighted by atomic mass is 10.1. The van der Waals surface area contributed by atoms with Crippen molar-refractivity contribution in [3.05, 3.63) is 65.5 Å². The number of ketones is 1. The van der Waals surface area contributed by atoms with Crippen molar-refractivity contribution >= 4 is 23.2 Å². The number of allylic oxidation sites excluding steroid dienone is 1. The fourth-order valence-corrected chi connectivity index (χ4v) is 1.63. The zero-order valence-corrected chi connectivity index (χ0v) is 11.6. The molecule has 0 aliphatic heterocycles. The van der Waals surface area contributed by atoms with Gasteiger partial charge in [0.1, 0.15) is 11.6 Å². The van der Waals surface area contributed by atoms with Gasteiger partial charge in [0, 0.05) is 24.0 Å². The van der Waals surface area contributed by atoms with Crippen LogP contribution in [-0.4, -0.2) is 17.9 Å². The Hall–Kier alpha value is -2.33. The number of carbonyl (C=O) groups excluding carboxylic acids is 1. The van der Waals surface area contributed by atoms with Crippen LogP contribution in [0.5, 0.6) is 5.75 Å². The van der Waals surface area contributed by atoms with Crippen molar-refractivity contribution in [2.75, 3.05) is 12.4 Å². The summed E-state index contributed by atoms with van der Waals surface area (Å²) in [7, 11) is 1.58. The maximum absolute atomic E-state index is 11.9. The van der Waals surface area contributed by atoms with Gasteiger partial charge in [0.2, 0.25) is 0 Å². The van der Waals surface area contributed by atoms with E-state index in [9.17, 15) is 4.79 Å². The smallest absolute Gasteiger partial charge is 0.187 e. The van der Waals surface area contributed by atoms with Gasteiger partial charge in [0.05, 0.1) is 12.1 Å². The normalized spacial score (nSPS) is 10.5. The summed E-state index contributed by atoms with van der Waals surface area (Å²) in [5, 5.41) is 3.46. The molecule has 0 saturated heterocycles. The Balaban J connectivity index is 1.96. The monoisotopic (exact) mass is 288 g/mol. The molecular formula is C15H13ClN2O2. The standard InChI is InChI=1S/C15H13ClN2O2/c1-20-13-5-2-11(3-6-13)14(19)8-9-17-15-7-4-12(16)10-18-15/h2-10H,1H3,(H,17,18)/b9-8+. The largest absolute Gasteiger partial charge is 0.497 e. The minimum atomic E-state index is -0.103. The summed E-state index contributed by atoms with van der Waals surface area (Å²) in [6.07, 6.45) is 4.52. The topological polar surface area (TPSA) is 51.2 Å². The first kappa shape index (κ1) is 14.1. The molecule has 2 rings (SSSR count). The highest BCUT2D eigenvalue weighted by atomic mass is 35.5. The van der Waals surface area contributed by atoms with Gasteiger partial charge < -0.3 is 10.1 Å². The SMILES string of the molecule is COc1ccc(C(=O)/C=C/Nc2ccc(Cl)cn2)cc1. The van der Waals surface area contributed by atoms with Crippen LogP contribution in [0.4, 0.5) is 5.82 Å². The molecule has 0 radical (unpaired) electrons. The van der Waals surface area contributed by atoms with Gasteiger partial charge in [0.15, 0.2) is 5.78 Å². The van der Waals surface area contributed by atoms with Crippen LogP contribution in [0, 0.1) is 0 Å². The van der Waals surface area contributed by atoms with Crippen LogP contribution in [0.2, 0.25) is 5.02 Å². The van der Waals surface area contributed by atoms with E-state index < -0.39 is 0 Å². The van der Waals surface area contributed by atoms with Crippen LogP contribution in [0.15, 0.2) is 54.9 Å². The van der Waals surface area contributed by atoms with Crippen molar-refractivity contribution in [2.45, 2.75) is 0 Å². The third kappa shape index (κ3) is 3.83. The maximum Gasteiger partial charge on any atom is 0.187 e. The second-order valence-corrected chi connectivity index (χ2v) is 4.37. The number of aromatic nitrogens is 1. The van der Waals surface area contributed by atoms with Crippen molar-refractivity contribution in [3.63, 3.8) is 0 Å². The Morgan fingerprint density at radius 2 is 2.00 bits per heavy atom. The first-order chi connectivity index (χ1) is 9.69. The van der Waals surface area contributed by atoms with Gasteiger partial charge in [0.25, 0.3) is 0 Å². The molecule has 1 N–H and O–H groups in total. The molecule has 0 fully saturated rings. The van der Waals surface area contributed by atoms with Crippen molar-refractivity contribution in [1.82, 2.24) is 4.98 Å². The van der Waals surface area contributed by atoms with Gasteiger partial charge in [-0.05, 0) is 36.4 Å². The predicted molar refractivity (Wildman–Crippen MR) is 79.3 cm³/mol. The Morgan fingerprint density at radius 3 is 2.60 bits per heavy atom. The third-order valence-corrected chi connectivity index (χ3v) is 2.79. The molecule has 1 aromatic heterocycles. The van der Waals surface area contributed by atoms with Crippen LogP contribution in [0.1, 0.15) is 10.4 Å². The van der Waals surface area contributed by atoms with Crippen molar-refractivity contribution in [1.29, 1.82) is 0 Å². The quantitative estimate of drug-likeness (QED) is 0.675. The summed E-state index contributed by atoms with van der Waals surface area (Å²) in [5.74, 6) is 1.23. The summed E-state index contributed by atoms with van der Waals surface area (Å²) in [6, 6.07) is 10.4. The second-order valence-electron chi connectivity index (χ2n) is 3.93. The zero-order chi connectivity index (χ0) is 14.4. The Labute approximate surface area is 122 Å². The van der Waals surface area contributed by atoms with E-state index in [0.29, 0.717) is 22.2 Å². The zero-order valence-electron chi connectivity index (χ0n) is 10.8. The molecule has 1 aromatic carbocycles. The third-order valence-electron chi connectivity index (χ3n) is 2.57. The average molecular weight is 289 g/mol. The van der Waals surface area contributed by atoms with Gasteiger partial charge in [-0.2, -0.15) is 0 Å². The molecule has 5 heteroatoms. The number of hydrogen-bond acceptors (Lipinski definition) is 4. The van der Waals surface area contributed by atoms with Crippen LogP contribution in [0.25, 0.3) is 0 Å². The second kappa shape index (κ2) is 6.73. The highest BCUT2D eigenvalue weighted by Crippen LogP contribution is 2.12. The molecular weight excluding hydrogens is 276 g/mol. The van der Waals surface area contributed by atoms with Crippen LogP contribution >= 0.6 is 11.6 Å². The number of nitrogens with zero attached hydrogens (tertiary/aromatic N) is 1. The van der Waals surface area contributed by atoms with E-state index in [0.717, 1.165) is 0 Å². The van der Waals surface area contributed by atoms with E-state index in [1.807, 2.05) is 0 Å². The minimum Gasteiger partial charge on any atom is -0.497 e. The molecule has 0 bridgehead atoms. The van der Waals surface area contributed by atoms with E-state index in [-0.39, 0.29) is 5.78 Å². The number of pyridine rings is 1. The summed E-state index contributed by atoms with van der Waals surface area (Å²) in [6.45, 7) is 0. The van der Waals surface area contributed by atoms with Gasteiger partial charge in [-0.3, -0.25) is 4.79 Å². The Bertz CT molecular complexity index is 607. The van der Waals surface area contributed by atoms with Crippen molar-refractivity contribution in [3.8, 4) is 5.75 Å². The lowest BCUT2D eigenvalue weighted by Crippen LogP contribution is -1.97. The van der Waals surface area contributed by atoms with Crippen molar-refractivity contribution < 1.29 is 9.53 Å². The molecule has 0 saturated carbocycles. The van der Waals surface area contributed by atoms with Crippen LogP contribution in [-0.2, 0) is 0 Å². The minimum absolute atomic E-state index is 0.103. The van der Waals surface area contributed by atoms with E-state index in [2.05, 4.69) is 10.3 Å². The molecule has 0 unspecified atom stereocenters. The molecule has 0 aliphatic carbocycles. The molecule has 0 amide bonds. The average Bonchev–Trinajstić information content (AvgIpc) is 2.49. The lowest BCUT2D eigenvalue weighted by molar-refractivity contribution is 0.104. The summed E-state index contributed by atoms with van der Waals surface area (Å²) < 4.78 is 5.04. The molecule has 0 aliphatic rings. The Morgan fingerprint density at radius 1 is 1.25 bits per heavy atom. The number of halogens is 1. The number of rotatable bonds is 5. The highest BCUT2D eigenvalue weighted by Gasteiger charge is 2.01. The number of nitrogens with one attached hydrogen (secondary N) is 1. The number of anilines is 1. The van der Waals surface area contributed by atoms with E-state index in [1.54, 1.807) is 49.7 Å². The number of hydrogen-bond donors (Lipinski definition) is 1. The van der Waals surface area contributed by atoms with Crippen LogP contribution in [0.3, 0.4) is 0 Å². The Kier molecular flexibility index (Phi) is 4.74. The lowest BCUT2D eigenvalue weighted by Gasteiger charge is -2.01. The number of ether oxygens (including phenoxy) is 1. The number of methoxy groups -OCH3 is 1. The first-order valence-corrected chi connectivity index (χ1v) is 6.30. The first-order valence-electron chi connectivity index (χ1n) is 5.92. The van der Waals surface area contributed by atoms with Gasteiger partial charge in [-0.1, -0.05) is 11.6 Å². The summed E-state index contributed by atoms with van der Waals surface area (Å²) in [4.78, 5) is 15.9.